The van der Waals surface area contributed by atoms with Gasteiger partial charge in [-0.1, -0.05) is 20.8 Å². The molecule has 0 aromatic carbocycles. The molecule has 0 bridgehead atoms. The van der Waals surface area contributed by atoms with E-state index in [2.05, 4.69) is 10.6 Å². The molecule has 0 saturated heterocycles. The predicted molar refractivity (Wildman–Crippen MR) is 75.3 cm³/mol. The van der Waals surface area contributed by atoms with Crippen molar-refractivity contribution >= 4 is 17.9 Å². The number of amides is 3. The Balaban J connectivity index is 4.38. The van der Waals surface area contributed by atoms with Crippen LogP contribution in [0.1, 0.15) is 34.1 Å². The van der Waals surface area contributed by atoms with Gasteiger partial charge in [0.05, 0.1) is 0 Å². The van der Waals surface area contributed by atoms with Gasteiger partial charge in [-0.3, -0.25) is 9.59 Å². The maximum atomic E-state index is 11.9. The molecule has 0 saturated carbocycles. The SMILES string of the molecule is CCCN(CC(=O)O)C(=O)NC(C)C(=O)NCC(C)C. The Kier molecular flexibility index (Phi) is 8.35. The summed E-state index contributed by atoms with van der Waals surface area (Å²) < 4.78 is 0. The van der Waals surface area contributed by atoms with Gasteiger partial charge in [0, 0.05) is 13.1 Å². The van der Waals surface area contributed by atoms with E-state index in [1.165, 1.54) is 4.90 Å². The summed E-state index contributed by atoms with van der Waals surface area (Å²) in [5, 5.41) is 14.0. The van der Waals surface area contributed by atoms with E-state index in [0.29, 0.717) is 25.4 Å². The lowest BCUT2D eigenvalue weighted by Crippen LogP contribution is -2.51. The highest BCUT2D eigenvalue weighted by Gasteiger charge is 2.20. The molecule has 0 aromatic heterocycles. The zero-order valence-corrected chi connectivity index (χ0v) is 12.6. The van der Waals surface area contributed by atoms with Gasteiger partial charge >= 0.3 is 12.0 Å². The van der Waals surface area contributed by atoms with Crippen molar-refractivity contribution in [3.8, 4) is 0 Å². The molecule has 0 aliphatic rings. The maximum Gasteiger partial charge on any atom is 0.323 e. The van der Waals surface area contributed by atoms with Crippen LogP contribution in [0, 0.1) is 5.92 Å². The number of hydrogen-bond donors (Lipinski definition) is 3. The van der Waals surface area contributed by atoms with Crippen LogP contribution in [-0.4, -0.2) is 53.6 Å². The molecule has 1 unspecified atom stereocenters. The van der Waals surface area contributed by atoms with Crippen molar-refractivity contribution in [3.63, 3.8) is 0 Å². The molecule has 0 radical (unpaired) electrons. The van der Waals surface area contributed by atoms with Gasteiger partial charge in [-0.25, -0.2) is 4.79 Å². The Hall–Kier alpha value is -1.79. The monoisotopic (exact) mass is 287 g/mol. The normalized spacial score (nSPS) is 11.8. The first-order valence-corrected chi connectivity index (χ1v) is 6.82. The molecule has 0 heterocycles. The predicted octanol–water partition coefficient (Wildman–Crippen LogP) is 0.653. The van der Waals surface area contributed by atoms with E-state index in [0.717, 1.165) is 0 Å². The molecule has 1 atom stereocenters. The fraction of sp³-hybridized carbons (Fsp3) is 0.769. The van der Waals surface area contributed by atoms with Crippen LogP contribution < -0.4 is 10.6 Å². The minimum Gasteiger partial charge on any atom is -0.480 e. The van der Waals surface area contributed by atoms with Gasteiger partial charge in [-0.05, 0) is 19.3 Å². The average molecular weight is 287 g/mol. The number of hydrogen-bond acceptors (Lipinski definition) is 3. The minimum absolute atomic E-state index is 0.279. The highest BCUT2D eigenvalue weighted by Crippen LogP contribution is 1.95. The molecule has 0 aliphatic heterocycles. The van der Waals surface area contributed by atoms with Crippen molar-refractivity contribution in [1.82, 2.24) is 15.5 Å². The Morgan fingerprint density at radius 3 is 2.25 bits per heavy atom. The van der Waals surface area contributed by atoms with E-state index in [-0.39, 0.29) is 12.5 Å². The number of carbonyl (C=O) groups excluding carboxylic acids is 2. The Bertz CT molecular complexity index is 345. The first kappa shape index (κ1) is 18.2. The van der Waals surface area contributed by atoms with Crippen LogP contribution >= 0.6 is 0 Å². The first-order valence-electron chi connectivity index (χ1n) is 6.82. The van der Waals surface area contributed by atoms with Crippen LogP contribution in [0.4, 0.5) is 4.79 Å². The van der Waals surface area contributed by atoms with Gasteiger partial charge in [0.15, 0.2) is 0 Å². The van der Waals surface area contributed by atoms with Gasteiger partial charge in [0.2, 0.25) is 5.91 Å². The molecule has 0 aromatic rings. The quantitative estimate of drug-likeness (QED) is 0.610. The summed E-state index contributed by atoms with van der Waals surface area (Å²) in [7, 11) is 0. The van der Waals surface area contributed by atoms with Gasteiger partial charge in [-0.15, -0.1) is 0 Å². The van der Waals surface area contributed by atoms with Gasteiger partial charge in [-0.2, -0.15) is 0 Å². The summed E-state index contributed by atoms with van der Waals surface area (Å²) in [5.41, 5.74) is 0. The van der Waals surface area contributed by atoms with Crippen LogP contribution in [0.25, 0.3) is 0 Å². The molecule has 0 aliphatic carbocycles. The number of nitrogens with one attached hydrogen (secondary N) is 2. The van der Waals surface area contributed by atoms with E-state index in [9.17, 15) is 14.4 Å². The van der Waals surface area contributed by atoms with E-state index in [1.807, 2.05) is 20.8 Å². The zero-order chi connectivity index (χ0) is 15.7. The van der Waals surface area contributed by atoms with Crippen LogP contribution in [0.15, 0.2) is 0 Å². The highest BCUT2D eigenvalue weighted by molar-refractivity contribution is 5.87. The number of rotatable bonds is 8. The molecule has 20 heavy (non-hydrogen) atoms. The number of aliphatic carboxylic acids is 1. The summed E-state index contributed by atoms with van der Waals surface area (Å²) >= 11 is 0. The molecule has 3 N–H and O–H groups in total. The number of nitrogens with zero attached hydrogens (tertiary/aromatic N) is 1. The summed E-state index contributed by atoms with van der Waals surface area (Å²) in [6, 6.07) is -1.24. The third kappa shape index (κ3) is 7.60. The number of carboxylic acids is 1. The van der Waals surface area contributed by atoms with Gasteiger partial charge < -0.3 is 20.6 Å². The third-order valence-corrected chi connectivity index (χ3v) is 2.52. The average Bonchev–Trinajstić information content (AvgIpc) is 2.34. The number of carboxylic acid groups (broad SMARTS) is 1. The highest BCUT2D eigenvalue weighted by atomic mass is 16.4. The lowest BCUT2D eigenvalue weighted by atomic mass is 10.2. The second kappa shape index (κ2) is 9.17. The Labute approximate surface area is 119 Å². The Morgan fingerprint density at radius 1 is 1.20 bits per heavy atom. The third-order valence-electron chi connectivity index (χ3n) is 2.52. The zero-order valence-electron chi connectivity index (χ0n) is 12.6. The lowest BCUT2D eigenvalue weighted by Gasteiger charge is -2.23. The molecular weight excluding hydrogens is 262 g/mol. The fourth-order valence-electron chi connectivity index (χ4n) is 1.49. The number of carbonyl (C=O) groups is 3. The molecule has 7 nitrogen and oxygen atoms in total. The van der Waals surface area contributed by atoms with Crippen LogP contribution in [0.5, 0.6) is 0 Å². The summed E-state index contributed by atoms with van der Waals surface area (Å²) in [5.74, 6) is -1.03. The van der Waals surface area contributed by atoms with Crippen molar-refractivity contribution in [2.24, 2.45) is 5.92 Å². The molecule has 0 spiro atoms. The molecular formula is C13H25N3O4. The topological polar surface area (TPSA) is 98.7 Å². The standard InChI is InChI=1S/C13H25N3O4/c1-5-6-16(8-11(17)18)13(20)15-10(4)12(19)14-7-9(2)3/h9-10H,5-8H2,1-4H3,(H,14,19)(H,15,20)(H,17,18). The Morgan fingerprint density at radius 2 is 1.80 bits per heavy atom. The van der Waals surface area contributed by atoms with E-state index in [1.54, 1.807) is 6.92 Å². The minimum atomic E-state index is -1.08. The van der Waals surface area contributed by atoms with Crippen LogP contribution in [0.3, 0.4) is 0 Å². The summed E-state index contributed by atoms with van der Waals surface area (Å²) in [6.45, 7) is 7.85. The molecule has 116 valence electrons. The first-order chi connectivity index (χ1) is 9.27. The van der Waals surface area contributed by atoms with E-state index >= 15 is 0 Å². The van der Waals surface area contributed by atoms with Crippen molar-refractivity contribution in [2.45, 2.75) is 40.2 Å². The lowest BCUT2D eigenvalue weighted by molar-refractivity contribution is -0.137. The van der Waals surface area contributed by atoms with Crippen molar-refractivity contribution in [2.75, 3.05) is 19.6 Å². The van der Waals surface area contributed by atoms with Crippen molar-refractivity contribution in [3.05, 3.63) is 0 Å². The largest absolute Gasteiger partial charge is 0.480 e. The second-order valence-electron chi connectivity index (χ2n) is 5.13. The number of urea groups is 1. The smallest absolute Gasteiger partial charge is 0.323 e. The molecule has 7 heteroatoms. The second-order valence-corrected chi connectivity index (χ2v) is 5.13. The van der Waals surface area contributed by atoms with Gasteiger partial charge in [0.1, 0.15) is 12.6 Å². The van der Waals surface area contributed by atoms with Crippen molar-refractivity contribution in [1.29, 1.82) is 0 Å². The molecule has 0 fully saturated rings. The van der Waals surface area contributed by atoms with E-state index in [4.69, 9.17) is 5.11 Å². The van der Waals surface area contributed by atoms with Gasteiger partial charge in [0.25, 0.3) is 0 Å². The van der Waals surface area contributed by atoms with Crippen LogP contribution in [0.2, 0.25) is 0 Å². The van der Waals surface area contributed by atoms with E-state index < -0.39 is 18.0 Å². The summed E-state index contributed by atoms with van der Waals surface area (Å²) in [4.78, 5) is 35.5. The van der Waals surface area contributed by atoms with Crippen LogP contribution in [-0.2, 0) is 9.59 Å². The molecule has 0 rings (SSSR count). The fourth-order valence-corrected chi connectivity index (χ4v) is 1.49. The maximum absolute atomic E-state index is 11.9. The molecule has 3 amide bonds. The van der Waals surface area contributed by atoms with Crippen molar-refractivity contribution < 1.29 is 19.5 Å². The summed E-state index contributed by atoms with van der Waals surface area (Å²) in [6.07, 6.45) is 0.647.